The number of nitrogens with zero attached hydrogens (tertiary/aromatic N) is 2. The van der Waals surface area contributed by atoms with E-state index in [9.17, 15) is 0 Å². The molecule has 0 saturated heterocycles. The minimum atomic E-state index is 0.466. The van der Waals surface area contributed by atoms with Crippen molar-refractivity contribution in [2.24, 2.45) is 0 Å². The summed E-state index contributed by atoms with van der Waals surface area (Å²) in [4.78, 5) is 8.68. The molecule has 2 rings (SSSR count). The minimum absolute atomic E-state index is 0.466. The number of rotatable bonds is 3. The fraction of sp³-hybridized carbons (Fsp3) is 0.167. The third kappa shape index (κ3) is 3.89. The first-order valence-electron chi connectivity index (χ1n) is 5.15. The van der Waals surface area contributed by atoms with Crippen molar-refractivity contribution in [1.82, 2.24) is 9.97 Å². The zero-order valence-electron chi connectivity index (χ0n) is 9.78. The molecule has 0 aliphatic heterocycles. The van der Waals surface area contributed by atoms with Gasteiger partial charge in [0.25, 0.3) is 0 Å². The maximum atomic E-state index is 4.34. The molecule has 2 aromatic heterocycles. The van der Waals surface area contributed by atoms with Gasteiger partial charge in [0.2, 0.25) is 0 Å². The van der Waals surface area contributed by atoms with Gasteiger partial charge >= 0.3 is 136 Å². The predicted molar refractivity (Wildman–Crippen MR) is 84.1 cm³/mol. The fourth-order valence-electron chi connectivity index (χ4n) is 1.25. The number of halogens is 2. The molecule has 94 valence electrons. The van der Waals surface area contributed by atoms with Crippen LogP contribution in [0.25, 0.3) is 0 Å². The topological polar surface area (TPSA) is 25.8 Å². The summed E-state index contributed by atoms with van der Waals surface area (Å²) in [6, 6.07) is 4.44. The molecule has 0 fully saturated rings. The Morgan fingerprint density at radius 2 is 1.22 bits per heavy atom. The van der Waals surface area contributed by atoms with Crippen LogP contribution in [-0.4, -0.2) is 36.2 Å². The standard InChI is InChI=1S/C12H10Br2N2Se2/c1-7-3-9(5-15-11(7)13)17-18-10-4-8(2)12(14)16-6-10/h3-6H,1-2H3. The Hall–Kier alpha value is 0.299. The molecule has 0 N–H and O–H groups in total. The summed E-state index contributed by atoms with van der Waals surface area (Å²) >= 11 is 7.79. The number of aromatic nitrogens is 2. The molecule has 0 bridgehead atoms. The molecule has 0 unspecified atom stereocenters. The average Bonchev–Trinajstić information content (AvgIpc) is 2.35. The molecule has 0 aromatic carbocycles. The summed E-state index contributed by atoms with van der Waals surface area (Å²) in [6.07, 6.45) is 3.94. The second kappa shape index (κ2) is 6.64. The van der Waals surface area contributed by atoms with E-state index in [-0.39, 0.29) is 0 Å². The number of hydrogen-bond acceptors (Lipinski definition) is 2. The first-order valence-corrected chi connectivity index (χ1v) is 12.8. The summed E-state index contributed by atoms with van der Waals surface area (Å²) < 4.78 is 4.58. The van der Waals surface area contributed by atoms with Crippen LogP contribution in [0.5, 0.6) is 0 Å². The van der Waals surface area contributed by atoms with Crippen LogP contribution in [0.3, 0.4) is 0 Å². The Morgan fingerprint density at radius 1 is 0.833 bits per heavy atom. The molecule has 0 aliphatic rings. The summed E-state index contributed by atoms with van der Waals surface area (Å²) in [5.41, 5.74) is 2.41. The van der Waals surface area contributed by atoms with Gasteiger partial charge < -0.3 is 0 Å². The molecule has 6 heteroatoms. The number of hydrogen-bond donors (Lipinski definition) is 0. The van der Waals surface area contributed by atoms with Crippen molar-refractivity contribution in [3.05, 3.63) is 44.9 Å². The van der Waals surface area contributed by atoms with Crippen molar-refractivity contribution in [1.29, 1.82) is 0 Å². The van der Waals surface area contributed by atoms with Gasteiger partial charge in [-0.25, -0.2) is 0 Å². The molecule has 0 spiro atoms. The molecule has 0 amide bonds. The van der Waals surface area contributed by atoms with Crippen LogP contribution in [0, 0.1) is 13.8 Å². The summed E-state index contributed by atoms with van der Waals surface area (Å²) in [5, 5.41) is 0. The van der Waals surface area contributed by atoms with E-state index in [0.29, 0.717) is 26.3 Å². The van der Waals surface area contributed by atoms with Gasteiger partial charge in [-0.1, -0.05) is 0 Å². The Balaban J connectivity index is 2.06. The van der Waals surface area contributed by atoms with Crippen LogP contribution in [0.4, 0.5) is 0 Å². The average molecular weight is 500 g/mol. The van der Waals surface area contributed by atoms with E-state index in [0.717, 1.165) is 9.21 Å². The normalized spacial score (nSPS) is 10.7. The Labute approximate surface area is 135 Å². The predicted octanol–water partition coefficient (Wildman–Crippen LogP) is 1.89. The van der Waals surface area contributed by atoms with Gasteiger partial charge in [-0.05, 0) is 0 Å². The van der Waals surface area contributed by atoms with Crippen LogP contribution >= 0.6 is 31.9 Å². The van der Waals surface area contributed by atoms with Gasteiger partial charge in [0.1, 0.15) is 0 Å². The van der Waals surface area contributed by atoms with E-state index < -0.39 is 0 Å². The van der Waals surface area contributed by atoms with E-state index in [1.54, 1.807) is 0 Å². The maximum absolute atomic E-state index is 4.34. The summed E-state index contributed by atoms with van der Waals surface area (Å²) in [6.45, 7) is 4.16. The van der Waals surface area contributed by atoms with Gasteiger partial charge in [-0.15, -0.1) is 0 Å². The van der Waals surface area contributed by atoms with Gasteiger partial charge in [-0.2, -0.15) is 0 Å². The van der Waals surface area contributed by atoms with Crippen molar-refractivity contribution in [2.45, 2.75) is 13.8 Å². The van der Waals surface area contributed by atoms with Gasteiger partial charge in [-0.3, -0.25) is 0 Å². The van der Waals surface area contributed by atoms with Crippen LogP contribution in [0.2, 0.25) is 0 Å². The van der Waals surface area contributed by atoms with Gasteiger partial charge in [0.05, 0.1) is 0 Å². The Bertz CT molecular complexity index is 524. The third-order valence-electron chi connectivity index (χ3n) is 2.21. The SMILES string of the molecule is Cc1cc([Se][Se]c2cnc(Br)c(C)c2)cnc1Br. The molecule has 0 radical (unpaired) electrons. The Kier molecular flexibility index (Phi) is 5.43. The van der Waals surface area contributed by atoms with Crippen LogP contribution in [-0.2, 0) is 0 Å². The van der Waals surface area contributed by atoms with Gasteiger partial charge in [0, 0.05) is 0 Å². The van der Waals surface area contributed by atoms with E-state index in [4.69, 9.17) is 0 Å². The van der Waals surface area contributed by atoms with Gasteiger partial charge in [0.15, 0.2) is 0 Å². The van der Waals surface area contributed by atoms with E-state index in [1.165, 1.54) is 20.1 Å². The molecule has 2 heterocycles. The summed E-state index contributed by atoms with van der Waals surface area (Å²) in [5.74, 6) is 0. The van der Waals surface area contributed by atoms with Crippen molar-refractivity contribution >= 4 is 67.0 Å². The van der Waals surface area contributed by atoms with E-state index in [2.05, 4.69) is 67.8 Å². The fourth-order valence-corrected chi connectivity index (χ4v) is 7.52. The molecule has 18 heavy (non-hydrogen) atoms. The first-order chi connectivity index (χ1) is 8.56. The number of pyridine rings is 2. The number of aryl methyl sites for hydroxylation is 2. The first kappa shape index (κ1) is 14.7. The van der Waals surface area contributed by atoms with Crippen molar-refractivity contribution in [3.8, 4) is 0 Å². The van der Waals surface area contributed by atoms with E-state index >= 15 is 0 Å². The molecule has 2 nitrogen and oxygen atoms in total. The second-order valence-electron chi connectivity index (χ2n) is 3.72. The third-order valence-corrected chi connectivity index (χ3v) is 10.9. The van der Waals surface area contributed by atoms with Crippen molar-refractivity contribution in [3.63, 3.8) is 0 Å². The summed E-state index contributed by atoms with van der Waals surface area (Å²) in [7, 11) is 0. The van der Waals surface area contributed by atoms with Crippen LogP contribution < -0.4 is 8.92 Å². The molecule has 2 aromatic rings. The van der Waals surface area contributed by atoms with Crippen LogP contribution in [0.1, 0.15) is 11.1 Å². The Morgan fingerprint density at radius 3 is 1.56 bits per heavy atom. The molecule has 0 aliphatic carbocycles. The van der Waals surface area contributed by atoms with Crippen molar-refractivity contribution < 1.29 is 0 Å². The van der Waals surface area contributed by atoms with Crippen LogP contribution in [0.15, 0.2) is 33.7 Å². The monoisotopic (exact) mass is 500 g/mol. The molecule has 0 saturated carbocycles. The quantitative estimate of drug-likeness (QED) is 0.476. The molecule has 0 atom stereocenters. The zero-order valence-corrected chi connectivity index (χ0v) is 16.4. The molecular formula is C12H10Br2N2Se2. The zero-order chi connectivity index (χ0) is 13.1. The van der Waals surface area contributed by atoms with Crippen molar-refractivity contribution in [2.75, 3.05) is 0 Å². The second-order valence-corrected chi connectivity index (χ2v) is 11.5. The molecular weight excluding hydrogens is 490 g/mol. The van der Waals surface area contributed by atoms with E-state index in [1.807, 2.05) is 12.4 Å².